The lowest BCUT2D eigenvalue weighted by Crippen LogP contribution is -2.37. The highest BCUT2D eigenvalue weighted by molar-refractivity contribution is 6.07. The Bertz CT molecular complexity index is 6750. The van der Waals surface area contributed by atoms with Gasteiger partial charge in [-0.3, -0.25) is 43.5 Å². The molecule has 3 N–H and O–H groups in total. The van der Waals surface area contributed by atoms with E-state index in [1.54, 1.807) is 72.8 Å². The SMILES string of the molecule is Cc1cccc(OCc2ccc(-c3cc(OC=O)c(NC(=O)c4ccc(Oc5ccccc5)cc4)cc3CCCN3CCOCC3)cc2)c1.Cc1cccc(OCc2ccc(-c3cc(OC=O)c(NC(=O)c4ccc(Oc5ccccc5)cc4)cc3CCN3CCOCC3)cc2)c1.Cc1cccc(OCc2ccc(-c3cc(OC=O)c(NC(=O)c4ccc(Oc5ccccc5)cc4)cc3CN3CCOCC3)cc2)c1. The van der Waals surface area contributed by atoms with Gasteiger partial charge in [-0.25, -0.2) is 0 Å². The van der Waals surface area contributed by atoms with E-state index >= 15 is 0 Å². The molecule has 3 fully saturated rings. The molecule has 24 nitrogen and oxygen atoms in total. The number of nitrogens with zero attached hydrogens (tertiary/aromatic N) is 3. The summed E-state index contributed by atoms with van der Waals surface area (Å²) in [6.07, 6.45) is 2.41. The van der Waals surface area contributed by atoms with Crippen LogP contribution in [0, 0.1) is 20.8 Å². The third-order valence-corrected chi connectivity index (χ3v) is 24.5. The van der Waals surface area contributed by atoms with E-state index in [0.29, 0.717) is 140 Å². The number of rotatable bonds is 39. The summed E-state index contributed by atoms with van der Waals surface area (Å²) in [4.78, 5) is 82.1. The Morgan fingerprint density at radius 2 is 0.576 bits per heavy atom. The molecule has 3 amide bonds. The zero-order valence-electron chi connectivity index (χ0n) is 80.7. The van der Waals surface area contributed by atoms with Crippen LogP contribution in [0.1, 0.15) is 87.6 Å². The van der Waals surface area contributed by atoms with Gasteiger partial charge in [0.1, 0.15) is 71.6 Å². The second-order valence-corrected chi connectivity index (χ2v) is 34.9. The summed E-state index contributed by atoms with van der Waals surface area (Å²) < 4.78 is 68.5. The number of para-hydroxylation sites is 3. The molecule has 144 heavy (non-hydrogen) atoms. The van der Waals surface area contributed by atoms with E-state index in [0.717, 1.165) is 186 Å². The minimum Gasteiger partial charge on any atom is -0.489 e. The Kier molecular flexibility index (Phi) is 36.2. The van der Waals surface area contributed by atoms with Crippen molar-refractivity contribution >= 4 is 54.2 Å². The summed E-state index contributed by atoms with van der Waals surface area (Å²) >= 11 is 0. The van der Waals surface area contributed by atoms with Gasteiger partial charge in [0.15, 0.2) is 17.2 Å². The van der Waals surface area contributed by atoms with Crippen LogP contribution in [0.5, 0.6) is 69.0 Å². The van der Waals surface area contributed by atoms with Crippen molar-refractivity contribution in [1.82, 2.24) is 14.7 Å². The second-order valence-electron chi connectivity index (χ2n) is 34.9. The number of morpholine rings is 3. The van der Waals surface area contributed by atoms with E-state index in [9.17, 15) is 28.8 Å². The van der Waals surface area contributed by atoms with Gasteiger partial charge in [0.2, 0.25) is 0 Å². The molecule has 18 rings (SSSR count). The summed E-state index contributed by atoms with van der Waals surface area (Å²) in [5.74, 6) is 6.25. The van der Waals surface area contributed by atoms with Gasteiger partial charge in [-0.1, -0.05) is 164 Å². The summed E-state index contributed by atoms with van der Waals surface area (Å²) in [5.41, 5.74) is 17.8. The normalized spacial score (nSPS) is 13.0. The third-order valence-electron chi connectivity index (χ3n) is 24.5. The zero-order valence-corrected chi connectivity index (χ0v) is 80.7. The maximum Gasteiger partial charge on any atom is 0.298 e. The van der Waals surface area contributed by atoms with Crippen molar-refractivity contribution in [3.8, 4) is 102 Å². The molecule has 0 atom stereocenters. The van der Waals surface area contributed by atoms with Crippen LogP contribution in [0.4, 0.5) is 17.1 Å². The molecule has 0 spiro atoms. The predicted octanol–water partition coefficient (Wildman–Crippen LogP) is 23.4. The average molecular weight is 1930 g/mol. The van der Waals surface area contributed by atoms with Gasteiger partial charge < -0.3 is 72.8 Å². The fourth-order valence-electron chi connectivity index (χ4n) is 16.8. The van der Waals surface area contributed by atoms with Crippen molar-refractivity contribution in [3.05, 3.63) is 413 Å². The van der Waals surface area contributed by atoms with Crippen molar-refractivity contribution in [2.45, 2.75) is 66.4 Å². The Morgan fingerprint density at radius 1 is 0.292 bits per heavy atom. The Hall–Kier alpha value is -16.3. The van der Waals surface area contributed by atoms with Crippen molar-refractivity contribution < 1.29 is 85.6 Å². The average Bonchev–Trinajstić information content (AvgIpc) is 0.789. The predicted molar refractivity (Wildman–Crippen MR) is 558 cm³/mol. The van der Waals surface area contributed by atoms with E-state index in [1.165, 1.54) is 0 Å². The molecule has 0 unspecified atom stereocenters. The summed E-state index contributed by atoms with van der Waals surface area (Å²) in [5, 5.41) is 8.91. The third kappa shape index (κ3) is 29.7. The zero-order chi connectivity index (χ0) is 99.4. The highest BCUT2D eigenvalue weighted by Crippen LogP contribution is 2.41. The lowest BCUT2D eigenvalue weighted by atomic mass is 9.94. The quantitative estimate of drug-likeness (QED) is 0.0302. The van der Waals surface area contributed by atoms with Gasteiger partial charge in [0.25, 0.3) is 37.1 Å². The van der Waals surface area contributed by atoms with Crippen molar-refractivity contribution in [2.75, 3.05) is 108 Å². The number of carbonyl (C=O) groups is 6. The van der Waals surface area contributed by atoms with Gasteiger partial charge >= 0.3 is 0 Å². The lowest BCUT2D eigenvalue weighted by Gasteiger charge is -2.28. The topological polar surface area (TPSA) is 259 Å². The van der Waals surface area contributed by atoms with Gasteiger partial charge in [0, 0.05) is 69.0 Å². The Morgan fingerprint density at radius 3 is 0.896 bits per heavy atom. The number of hydrogen-bond donors (Lipinski definition) is 3. The maximum absolute atomic E-state index is 13.4. The van der Waals surface area contributed by atoms with Gasteiger partial charge in [-0.05, 0) is 312 Å². The Balaban J connectivity index is 0.000000155. The first-order valence-corrected chi connectivity index (χ1v) is 48.1. The highest BCUT2D eigenvalue weighted by Gasteiger charge is 2.25. The molecule has 0 saturated carbocycles. The van der Waals surface area contributed by atoms with Crippen LogP contribution in [-0.2, 0) is 67.8 Å². The molecular weight excluding hydrogens is 1810 g/mol. The summed E-state index contributed by atoms with van der Waals surface area (Å²) in [6.45, 7) is 20.3. The number of nitrogens with one attached hydrogen (secondary N) is 3. The van der Waals surface area contributed by atoms with Crippen LogP contribution in [0.15, 0.2) is 346 Å². The minimum absolute atomic E-state index is 0.255. The standard InChI is InChI=1S/C41H40N2O6.C40H38N2O6.C39H36N2O6/c1-30-7-5-11-37(25-30)47-28-31-12-14-32(15-13-31)38-27-40(48-29-44)39(26-34(38)8-6-20-43-21-23-46-24-22-43)42-41(45)33-16-18-36(19-17-33)49-35-9-3-2-4-10-35;1-29-6-5-9-36(24-29)46-27-30-10-12-31(13-11-30)37-26-39(47-28-43)38(25-33(37)18-19-42-20-22-45-23-21-42)41-40(44)32-14-16-35(17-15-32)48-34-7-3-2-4-8-34;1-28-6-5-9-35(22-28)45-26-29-10-12-30(13-11-29)36-24-38(46-27-42)37(23-32(36)25-41-18-20-44-21-19-41)40-39(43)31-14-16-34(17-15-31)47-33-7-3-2-4-8-33/h2-5,7,9-19,25-27,29H,6,8,20-24,28H2,1H3,(H,42,45);2-17,24-26,28H,18-23,27H2,1H3,(H,41,44);2-17,22-24,27H,18-21,25-26H2,1H3,(H,40,43). The number of amides is 3. The number of ether oxygens (including phenoxy) is 12. The molecule has 732 valence electrons. The van der Waals surface area contributed by atoms with E-state index in [-0.39, 0.29) is 35.0 Å². The first kappa shape index (κ1) is 101. The minimum atomic E-state index is -0.338. The smallest absolute Gasteiger partial charge is 0.298 e. The fourth-order valence-corrected chi connectivity index (χ4v) is 16.8. The van der Waals surface area contributed by atoms with E-state index in [1.807, 2.05) is 282 Å². The van der Waals surface area contributed by atoms with Crippen LogP contribution in [0.3, 0.4) is 0 Å². The molecule has 3 aliphatic rings. The highest BCUT2D eigenvalue weighted by atomic mass is 16.5. The van der Waals surface area contributed by atoms with Crippen LogP contribution >= 0.6 is 0 Å². The second kappa shape index (κ2) is 51.7. The number of benzene rings is 15. The molecule has 3 heterocycles. The van der Waals surface area contributed by atoms with Crippen LogP contribution in [-0.4, -0.2) is 144 Å². The first-order valence-electron chi connectivity index (χ1n) is 48.1. The van der Waals surface area contributed by atoms with Crippen molar-refractivity contribution in [2.24, 2.45) is 0 Å². The molecule has 3 aliphatic heterocycles. The van der Waals surface area contributed by atoms with Gasteiger partial charge in [-0.15, -0.1) is 0 Å². The summed E-state index contributed by atoms with van der Waals surface area (Å²) in [7, 11) is 0. The molecule has 0 aromatic heterocycles. The van der Waals surface area contributed by atoms with E-state index in [4.69, 9.17) is 56.8 Å². The first-order chi connectivity index (χ1) is 70.6. The maximum atomic E-state index is 13.4. The largest absolute Gasteiger partial charge is 0.489 e. The van der Waals surface area contributed by atoms with E-state index in [2.05, 4.69) is 42.8 Å². The van der Waals surface area contributed by atoms with E-state index < -0.39 is 0 Å². The molecule has 0 radical (unpaired) electrons. The van der Waals surface area contributed by atoms with Crippen LogP contribution < -0.4 is 58.6 Å². The fraction of sp³-hybridized carbons (Fsp3) is 0.200. The number of hydrogen-bond acceptors (Lipinski definition) is 21. The molecule has 3 saturated heterocycles. The van der Waals surface area contributed by atoms with Crippen LogP contribution in [0.2, 0.25) is 0 Å². The molecule has 0 aliphatic carbocycles. The summed E-state index contributed by atoms with van der Waals surface area (Å²) in [6, 6.07) is 109. The number of carbonyl (C=O) groups excluding carboxylic acids is 6. The van der Waals surface area contributed by atoms with Crippen molar-refractivity contribution in [1.29, 1.82) is 0 Å². The van der Waals surface area contributed by atoms with Gasteiger partial charge in [0.05, 0.1) is 56.7 Å². The Labute approximate surface area is 838 Å². The van der Waals surface area contributed by atoms with Gasteiger partial charge in [-0.2, -0.15) is 0 Å². The van der Waals surface area contributed by atoms with Crippen molar-refractivity contribution in [3.63, 3.8) is 0 Å². The number of aryl methyl sites for hydroxylation is 4. The molecule has 15 aromatic rings. The molecule has 24 heteroatoms. The molecular formula is C120H114N6O18. The number of anilines is 3. The molecule has 15 aromatic carbocycles. The van der Waals surface area contributed by atoms with Crippen LogP contribution in [0.25, 0.3) is 33.4 Å². The lowest BCUT2D eigenvalue weighted by molar-refractivity contribution is -0.121. The molecule has 0 bridgehead atoms. The monoisotopic (exact) mass is 1930 g/mol.